The smallest absolute Gasteiger partial charge is 0.357 e. The van der Waals surface area contributed by atoms with Crippen LogP contribution in [-0.2, 0) is 13.9 Å². The van der Waals surface area contributed by atoms with Crippen LogP contribution in [0.5, 0.6) is 0 Å². The lowest BCUT2D eigenvalue weighted by Gasteiger charge is -2.29. The molecule has 7 N–H and O–H groups in total. The summed E-state index contributed by atoms with van der Waals surface area (Å²) in [5, 5.41) is 5.11. The van der Waals surface area contributed by atoms with Gasteiger partial charge in [0.25, 0.3) is 0 Å². The van der Waals surface area contributed by atoms with Crippen molar-refractivity contribution in [2.24, 2.45) is 5.73 Å². The maximum absolute atomic E-state index is 10.8. The molecule has 90 valence electrons. The van der Waals surface area contributed by atoms with Gasteiger partial charge in [-0.15, -0.1) is 0 Å². The maximum atomic E-state index is 10.8. The van der Waals surface area contributed by atoms with Crippen molar-refractivity contribution < 1.29 is 38.6 Å². The van der Waals surface area contributed by atoms with E-state index in [1.807, 2.05) is 0 Å². The molecular weight excluding hydrogens is 252 g/mol. The lowest BCUT2D eigenvalue weighted by molar-refractivity contribution is -0.137. The quantitative estimate of drug-likeness (QED) is 0.333. The van der Waals surface area contributed by atoms with Crippen molar-refractivity contribution in [1.29, 1.82) is 0 Å². The molecule has 0 aliphatic carbocycles. The Morgan fingerprint density at radius 1 is 1.13 bits per heavy atom. The summed E-state index contributed by atoms with van der Waals surface area (Å²) in [6.07, 6.45) is -1.87. The van der Waals surface area contributed by atoms with E-state index in [0.29, 0.717) is 0 Å². The monoisotopic (exact) mass is 263 g/mol. The molecule has 0 unspecified atom stereocenters. The number of carboxylic acid groups (broad SMARTS) is 1. The SMILES string of the molecule is NC(CCC(=O)O)(P(=O)(O)O)P(=O)(O)O. The molecule has 0 saturated heterocycles. The van der Waals surface area contributed by atoms with Gasteiger partial charge in [-0.2, -0.15) is 0 Å². The van der Waals surface area contributed by atoms with E-state index in [-0.39, 0.29) is 0 Å². The summed E-state index contributed by atoms with van der Waals surface area (Å²) in [7, 11) is -10.6. The first-order chi connectivity index (χ1) is 6.42. The predicted molar refractivity (Wildman–Crippen MR) is 47.9 cm³/mol. The zero-order chi connectivity index (χ0) is 12.5. The van der Waals surface area contributed by atoms with Gasteiger partial charge in [0, 0.05) is 6.42 Å². The summed E-state index contributed by atoms with van der Waals surface area (Å²) in [6.45, 7) is 0. The number of carboxylic acids is 1. The van der Waals surface area contributed by atoms with E-state index in [0.717, 1.165) is 0 Å². The van der Waals surface area contributed by atoms with Gasteiger partial charge in [-0.25, -0.2) is 0 Å². The van der Waals surface area contributed by atoms with Crippen LogP contribution in [0.2, 0.25) is 0 Å². The summed E-state index contributed by atoms with van der Waals surface area (Å²) in [6, 6.07) is 0. The highest BCUT2D eigenvalue weighted by Crippen LogP contribution is 2.67. The molecule has 0 rings (SSSR count). The average molecular weight is 263 g/mol. The molecule has 0 aliphatic heterocycles. The normalized spacial score (nSPS) is 13.9. The fourth-order valence-corrected chi connectivity index (χ4v) is 2.92. The van der Waals surface area contributed by atoms with Gasteiger partial charge >= 0.3 is 21.2 Å². The molecule has 11 heteroatoms. The van der Waals surface area contributed by atoms with Crippen LogP contribution in [0.1, 0.15) is 12.8 Å². The van der Waals surface area contributed by atoms with Crippen LogP contribution in [0.3, 0.4) is 0 Å². The van der Waals surface area contributed by atoms with Crippen LogP contribution in [0.15, 0.2) is 0 Å². The van der Waals surface area contributed by atoms with Crippen LogP contribution in [0.25, 0.3) is 0 Å². The molecule has 0 spiro atoms. The van der Waals surface area contributed by atoms with Crippen LogP contribution < -0.4 is 5.73 Å². The van der Waals surface area contributed by atoms with E-state index in [2.05, 4.69) is 0 Å². The van der Waals surface area contributed by atoms with E-state index in [4.69, 9.17) is 30.4 Å². The van der Waals surface area contributed by atoms with Crippen molar-refractivity contribution in [3.05, 3.63) is 0 Å². The van der Waals surface area contributed by atoms with E-state index >= 15 is 0 Å². The predicted octanol–water partition coefficient (Wildman–Crippen LogP) is -1.18. The van der Waals surface area contributed by atoms with E-state index in [1.54, 1.807) is 0 Å². The zero-order valence-corrected chi connectivity index (χ0v) is 9.14. The number of hydrogen-bond donors (Lipinski definition) is 6. The molecule has 0 amide bonds. The van der Waals surface area contributed by atoms with Crippen LogP contribution in [0.4, 0.5) is 0 Å². The van der Waals surface area contributed by atoms with Gasteiger partial charge in [0.05, 0.1) is 0 Å². The van der Waals surface area contributed by atoms with E-state index in [9.17, 15) is 13.9 Å². The van der Waals surface area contributed by atoms with E-state index < -0.39 is 39.0 Å². The molecule has 0 aromatic carbocycles. The first-order valence-corrected chi connectivity index (χ1v) is 6.76. The summed E-state index contributed by atoms with van der Waals surface area (Å²) >= 11 is 0. The van der Waals surface area contributed by atoms with Gasteiger partial charge in [-0.3, -0.25) is 13.9 Å². The molecule has 0 aliphatic rings. The largest absolute Gasteiger partial charge is 0.481 e. The number of rotatable bonds is 5. The fraction of sp³-hybridized carbons (Fsp3) is 0.750. The van der Waals surface area contributed by atoms with Gasteiger partial charge in [0.15, 0.2) is 0 Å². The fourth-order valence-electron chi connectivity index (χ4n) is 0.752. The zero-order valence-electron chi connectivity index (χ0n) is 7.35. The Hall–Kier alpha value is -0.270. The molecule has 0 atom stereocenters. The Labute approximate surface area is 84.2 Å². The molecule has 0 fully saturated rings. The maximum Gasteiger partial charge on any atom is 0.357 e. The van der Waals surface area contributed by atoms with Crippen molar-refractivity contribution in [3.8, 4) is 0 Å². The van der Waals surface area contributed by atoms with E-state index in [1.165, 1.54) is 0 Å². The van der Waals surface area contributed by atoms with Crippen molar-refractivity contribution in [2.45, 2.75) is 17.9 Å². The third kappa shape index (κ3) is 3.35. The van der Waals surface area contributed by atoms with Crippen LogP contribution in [0, 0.1) is 0 Å². The summed E-state index contributed by atoms with van der Waals surface area (Å²) in [4.78, 5) is 44.9. The first-order valence-electron chi connectivity index (χ1n) is 3.54. The average Bonchev–Trinajstić information content (AvgIpc) is 1.95. The third-order valence-corrected chi connectivity index (χ3v) is 5.74. The second-order valence-electron chi connectivity index (χ2n) is 2.86. The van der Waals surface area contributed by atoms with Gasteiger partial charge in [-0.05, 0) is 6.42 Å². The van der Waals surface area contributed by atoms with Crippen LogP contribution >= 0.6 is 15.2 Å². The summed E-state index contributed by atoms with van der Waals surface area (Å²) < 4.78 is 21.6. The molecular formula is C4H11NO8P2. The molecule has 0 aromatic heterocycles. The van der Waals surface area contributed by atoms with Crippen LogP contribution in [-0.4, -0.2) is 35.7 Å². The van der Waals surface area contributed by atoms with Crippen molar-refractivity contribution >= 4 is 21.2 Å². The molecule has 0 saturated carbocycles. The first kappa shape index (κ1) is 14.7. The van der Waals surface area contributed by atoms with Gasteiger partial charge < -0.3 is 30.4 Å². The molecule has 0 heterocycles. The van der Waals surface area contributed by atoms with Crippen molar-refractivity contribution in [1.82, 2.24) is 0 Å². The number of aliphatic carboxylic acids is 1. The minimum atomic E-state index is -5.31. The minimum absolute atomic E-state index is 0.854. The Morgan fingerprint density at radius 2 is 1.47 bits per heavy atom. The lowest BCUT2D eigenvalue weighted by Crippen LogP contribution is -2.39. The highest BCUT2D eigenvalue weighted by molar-refractivity contribution is 7.72. The number of carbonyl (C=O) groups is 1. The standard InChI is InChI=1S/C4H11NO8P2/c5-4(14(8,9)10,15(11,12)13)2-1-3(6)7/h1-2,5H2,(H,6,7)(H2,8,9,10)(H2,11,12,13). The topological polar surface area (TPSA) is 178 Å². The van der Waals surface area contributed by atoms with Gasteiger partial charge in [0.2, 0.25) is 5.02 Å². The minimum Gasteiger partial charge on any atom is -0.481 e. The van der Waals surface area contributed by atoms with Crippen molar-refractivity contribution in [2.75, 3.05) is 0 Å². The molecule has 15 heavy (non-hydrogen) atoms. The Morgan fingerprint density at radius 3 is 1.67 bits per heavy atom. The second-order valence-corrected chi connectivity index (χ2v) is 6.99. The Bertz CT molecular complexity index is 319. The third-order valence-electron chi connectivity index (χ3n) is 1.72. The highest BCUT2D eigenvalue weighted by Gasteiger charge is 2.57. The number of hydrogen-bond acceptors (Lipinski definition) is 4. The second kappa shape index (κ2) is 4.31. The Kier molecular flexibility index (Phi) is 4.23. The van der Waals surface area contributed by atoms with Crippen molar-refractivity contribution in [3.63, 3.8) is 0 Å². The molecule has 0 aromatic rings. The highest BCUT2D eigenvalue weighted by atomic mass is 31.2. The van der Waals surface area contributed by atoms with Gasteiger partial charge in [0.1, 0.15) is 0 Å². The summed E-state index contributed by atoms with van der Waals surface area (Å²) in [5.41, 5.74) is 4.91. The summed E-state index contributed by atoms with van der Waals surface area (Å²) in [5.74, 6) is -1.47. The lowest BCUT2D eigenvalue weighted by atomic mass is 10.3. The molecule has 0 bridgehead atoms. The molecule has 9 nitrogen and oxygen atoms in total. The molecule has 0 radical (unpaired) electrons. The Balaban J connectivity index is 5.16. The number of nitrogens with two attached hydrogens (primary N) is 1. The van der Waals surface area contributed by atoms with Gasteiger partial charge in [-0.1, -0.05) is 0 Å².